The van der Waals surface area contributed by atoms with Gasteiger partial charge in [0, 0.05) is 0 Å². The summed E-state index contributed by atoms with van der Waals surface area (Å²) < 4.78 is 10.4. The number of rotatable bonds is 0. The summed E-state index contributed by atoms with van der Waals surface area (Å²) in [5.41, 5.74) is 0. The molecule has 0 fully saturated rings. The van der Waals surface area contributed by atoms with E-state index in [1.165, 1.54) is 0 Å². The van der Waals surface area contributed by atoms with Crippen LogP contribution < -0.4 is 0 Å². The Labute approximate surface area is 30.6 Å². The van der Waals surface area contributed by atoms with Crippen LogP contribution in [0.15, 0.2) is 0 Å². The van der Waals surface area contributed by atoms with Crippen molar-refractivity contribution in [3.63, 3.8) is 0 Å². The molecule has 0 spiro atoms. The predicted molar refractivity (Wildman–Crippen MR) is 12.9 cm³/mol. The predicted octanol–water partition coefficient (Wildman–Crippen LogP) is -0.796. The molecule has 0 radical (unpaired) electrons. The second-order valence-corrected chi connectivity index (χ2v) is 4.75. The van der Waals surface area contributed by atoms with Crippen LogP contribution in [0, 0.1) is 0 Å². The minimum atomic E-state index is -1.21. The van der Waals surface area contributed by atoms with Crippen molar-refractivity contribution in [2.45, 2.75) is 0 Å². The van der Waals surface area contributed by atoms with Crippen molar-refractivity contribution in [1.82, 2.24) is 0 Å². The summed E-state index contributed by atoms with van der Waals surface area (Å²) in [6, 6.07) is 0. The Hall–Kier alpha value is 0.589. The molecule has 0 aromatic heterocycles. The molecule has 0 atom stereocenters. The van der Waals surface area contributed by atoms with E-state index in [-0.39, 0.29) is 0 Å². The number of hydrogen-bond donors (Lipinski definition) is 0. The van der Waals surface area contributed by atoms with Crippen molar-refractivity contribution in [2.24, 2.45) is 0 Å². The van der Waals surface area contributed by atoms with Crippen LogP contribution in [0.1, 0.15) is 0 Å². The molecule has 0 amide bonds. The number of hydrogen-bond acceptors (Lipinski definition) is 2. The average Bonchev–Trinajstić information content (AvgIpc) is 1.36. The summed E-state index contributed by atoms with van der Waals surface area (Å²) in [6.07, 6.45) is 0. The molecule has 2 aliphatic rings. The third kappa shape index (κ3) is 0.0886. The van der Waals surface area contributed by atoms with Gasteiger partial charge in [0.15, 0.2) is 0 Å². The first-order chi connectivity index (χ1) is 1.97. The molecule has 2 rings (SSSR count). The Morgan fingerprint density at radius 2 is 1.75 bits per heavy atom. The molecule has 3 heteroatoms. The molecule has 4 heavy (non-hydrogen) atoms. The van der Waals surface area contributed by atoms with Gasteiger partial charge in [0.2, 0.25) is 0 Å². The maximum atomic E-state index is 4.70. The van der Waals surface area contributed by atoms with Crippen molar-refractivity contribution in [2.75, 3.05) is 0 Å². The molecular weight excluding hydrogens is 163 g/mol. The second-order valence-electron chi connectivity index (χ2n) is 0.779. The zero-order chi connectivity index (χ0) is 2.57. The summed E-state index contributed by atoms with van der Waals surface area (Å²) >= 11 is -1.21. The summed E-state index contributed by atoms with van der Waals surface area (Å²) in [7, 11) is 0. The zero-order valence-corrected chi connectivity index (χ0v) is 4.67. The van der Waals surface area contributed by atoms with Gasteiger partial charge < -0.3 is 0 Å². The molecule has 20 valence electrons. The van der Waals surface area contributed by atoms with Gasteiger partial charge in [0.1, 0.15) is 0 Å². The SMILES string of the molecule is [O]1[C]2=[Sn]1[O]2. The fraction of sp³-hybridized carbons (Fsp3) is 0. The van der Waals surface area contributed by atoms with E-state index >= 15 is 0 Å². The van der Waals surface area contributed by atoms with E-state index in [4.69, 9.17) is 6.15 Å². The van der Waals surface area contributed by atoms with E-state index in [1.54, 1.807) is 0 Å². The van der Waals surface area contributed by atoms with Gasteiger partial charge in [-0.25, -0.2) is 0 Å². The van der Waals surface area contributed by atoms with Crippen LogP contribution in [0.4, 0.5) is 0 Å². The van der Waals surface area contributed by atoms with E-state index < -0.39 is 20.1 Å². The molecule has 0 aromatic carbocycles. The molecule has 0 bridgehead atoms. The molecule has 2 nitrogen and oxygen atoms in total. The molecule has 0 aromatic rings. The first-order valence-corrected chi connectivity index (χ1v) is 4.82. The second kappa shape index (κ2) is 0.326. The minimum absolute atomic E-state index is 1.03. The fourth-order valence-corrected chi connectivity index (χ4v) is 2.43. The van der Waals surface area contributed by atoms with Crippen LogP contribution in [0.25, 0.3) is 0 Å². The van der Waals surface area contributed by atoms with Gasteiger partial charge in [-0.2, -0.15) is 0 Å². The topological polar surface area (TPSA) is 25.1 Å². The summed E-state index contributed by atoms with van der Waals surface area (Å²) in [6.45, 7) is 0. The molecule has 2 heterocycles. The molecular formula is CO2Sn. The Morgan fingerprint density at radius 3 is 1.75 bits per heavy atom. The third-order valence-electron chi connectivity index (χ3n) is 0.454. The quantitative estimate of drug-likeness (QED) is 0.436. The molecule has 0 N–H and O–H groups in total. The fourth-order valence-electron chi connectivity index (χ4n) is 0.125. The average molecular weight is 163 g/mol. The first kappa shape index (κ1) is 1.89. The molecule has 0 saturated heterocycles. The van der Waals surface area contributed by atoms with Gasteiger partial charge in [-0.3, -0.25) is 0 Å². The van der Waals surface area contributed by atoms with E-state index in [1.807, 2.05) is 0 Å². The first-order valence-electron chi connectivity index (χ1n) is 1.07. The standard InChI is InChI=1S/CO2.Sn/c2-1-3;/q-2;+2. The third-order valence-corrected chi connectivity index (χ3v) is 3.05. The van der Waals surface area contributed by atoms with Crippen LogP contribution in [-0.2, 0) is 6.15 Å². The summed E-state index contributed by atoms with van der Waals surface area (Å²) in [5.74, 6) is 0. The monoisotopic (exact) mass is 164 g/mol. The van der Waals surface area contributed by atoms with Crippen LogP contribution >= 0.6 is 0 Å². The van der Waals surface area contributed by atoms with Crippen molar-refractivity contribution in [1.29, 1.82) is 0 Å². The zero-order valence-electron chi connectivity index (χ0n) is 1.82. The van der Waals surface area contributed by atoms with E-state index in [0.717, 1.165) is 3.89 Å². The van der Waals surface area contributed by atoms with Gasteiger partial charge >= 0.3 is 30.2 Å². The van der Waals surface area contributed by atoms with Crippen molar-refractivity contribution in [3.05, 3.63) is 0 Å². The maximum absolute atomic E-state index is 4.70. The Bertz CT molecular complexity index is 74.2. The van der Waals surface area contributed by atoms with Crippen LogP contribution in [0.5, 0.6) is 0 Å². The van der Waals surface area contributed by atoms with E-state index in [0.29, 0.717) is 0 Å². The van der Waals surface area contributed by atoms with Gasteiger partial charge in [0.05, 0.1) is 0 Å². The summed E-state index contributed by atoms with van der Waals surface area (Å²) in [4.78, 5) is 0. The molecule has 0 saturated carbocycles. The Kier molecular flexibility index (Phi) is 0.154. The van der Waals surface area contributed by atoms with Crippen molar-refractivity contribution >= 4 is 24.0 Å². The van der Waals surface area contributed by atoms with Crippen LogP contribution in [-0.4, -0.2) is 24.0 Å². The van der Waals surface area contributed by atoms with Crippen LogP contribution in [0.3, 0.4) is 0 Å². The van der Waals surface area contributed by atoms with Gasteiger partial charge in [-0.05, 0) is 0 Å². The van der Waals surface area contributed by atoms with Crippen molar-refractivity contribution in [3.8, 4) is 0 Å². The molecule has 0 unspecified atom stereocenters. The van der Waals surface area contributed by atoms with E-state index in [2.05, 4.69) is 0 Å². The van der Waals surface area contributed by atoms with Crippen LogP contribution in [0.2, 0.25) is 0 Å². The Balaban J connectivity index is 2.77. The van der Waals surface area contributed by atoms with Gasteiger partial charge in [-0.1, -0.05) is 0 Å². The van der Waals surface area contributed by atoms with Gasteiger partial charge in [0.25, 0.3) is 0 Å². The summed E-state index contributed by atoms with van der Waals surface area (Å²) in [5, 5.41) is 0. The van der Waals surface area contributed by atoms with E-state index in [9.17, 15) is 0 Å². The normalized spacial score (nSPS) is 30.0. The molecule has 2 aliphatic heterocycles. The van der Waals surface area contributed by atoms with Gasteiger partial charge in [-0.15, -0.1) is 0 Å². The Morgan fingerprint density at radius 1 is 1.50 bits per heavy atom. The molecule has 0 aliphatic carbocycles. The van der Waals surface area contributed by atoms with Crippen molar-refractivity contribution < 1.29 is 6.15 Å².